The van der Waals surface area contributed by atoms with Gasteiger partial charge in [-0.2, -0.15) is 4.98 Å². The van der Waals surface area contributed by atoms with Gasteiger partial charge in [0.25, 0.3) is 5.89 Å². The Morgan fingerprint density at radius 2 is 1.74 bits per heavy atom. The molecule has 5 heteroatoms. The summed E-state index contributed by atoms with van der Waals surface area (Å²) >= 11 is 0. The average Bonchev–Trinajstić information content (AvgIpc) is 3.25. The standard InChI is InChI=1S/C18H14N4O/c1-2-5-14(6-3-1)13-22-12-4-7-16(22)18-20-17(21-23-18)15-8-10-19-11-9-15/h1-12H,13H2. The largest absolute Gasteiger partial charge is 0.339 e. The normalized spacial score (nSPS) is 10.8. The fourth-order valence-electron chi connectivity index (χ4n) is 2.47. The van der Waals surface area contributed by atoms with Crippen LogP contribution in [-0.4, -0.2) is 19.7 Å². The van der Waals surface area contributed by atoms with E-state index in [0.717, 1.165) is 17.8 Å². The minimum absolute atomic E-state index is 0.512. The molecule has 5 nitrogen and oxygen atoms in total. The van der Waals surface area contributed by atoms with Crippen LogP contribution in [0.1, 0.15) is 5.56 Å². The molecule has 3 aromatic heterocycles. The molecule has 0 saturated heterocycles. The van der Waals surface area contributed by atoms with Gasteiger partial charge in [0.2, 0.25) is 5.82 Å². The van der Waals surface area contributed by atoms with Crippen molar-refractivity contribution in [3.8, 4) is 23.0 Å². The Hall–Kier alpha value is -3.21. The number of hydrogen-bond donors (Lipinski definition) is 0. The third-order valence-corrected chi connectivity index (χ3v) is 3.61. The molecule has 0 spiro atoms. The zero-order valence-corrected chi connectivity index (χ0v) is 12.3. The van der Waals surface area contributed by atoms with Crippen LogP contribution in [0.25, 0.3) is 23.0 Å². The van der Waals surface area contributed by atoms with Gasteiger partial charge in [-0.25, -0.2) is 0 Å². The van der Waals surface area contributed by atoms with Crippen molar-refractivity contribution in [1.29, 1.82) is 0 Å². The van der Waals surface area contributed by atoms with Crippen LogP contribution >= 0.6 is 0 Å². The second kappa shape index (κ2) is 5.88. The van der Waals surface area contributed by atoms with E-state index in [2.05, 4.69) is 31.8 Å². The van der Waals surface area contributed by atoms with Crippen molar-refractivity contribution < 1.29 is 4.52 Å². The Labute approximate surface area is 133 Å². The Bertz CT molecular complexity index is 897. The van der Waals surface area contributed by atoms with Crippen LogP contribution in [0.3, 0.4) is 0 Å². The molecular formula is C18H14N4O. The summed E-state index contributed by atoms with van der Waals surface area (Å²) in [6, 6.07) is 18.0. The molecule has 0 radical (unpaired) electrons. The van der Waals surface area contributed by atoms with Crippen LogP contribution in [0.15, 0.2) is 77.7 Å². The van der Waals surface area contributed by atoms with Gasteiger partial charge in [-0.15, -0.1) is 0 Å². The summed E-state index contributed by atoms with van der Waals surface area (Å²) in [6.07, 6.45) is 5.44. The lowest BCUT2D eigenvalue weighted by Crippen LogP contribution is -2.00. The molecule has 0 atom stereocenters. The van der Waals surface area contributed by atoms with Gasteiger partial charge in [0.15, 0.2) is 0 Å². The number of aromatic nitrogens is 4. The van der Waals surface area contributed by atoms with Gasteiger partial charge >= 0.3 is 0 Å². The fraction of sp³-hybridized carbons (Fsp3) is 0.0556. The lowest BCUT2D eigenvalue weighted by molar-refractivity contribution is 0.429. The van der Waals surface area contributed by atoms with Crippen molar-refractivity contribution in [3.05, 3.63) is 78.8 Å². The van der Waals surface area contributed by atoms with E-state index in [1.165, 1.54) is 5.56 Å². The van der Waals surface area contributed by atoms with Crippen molar-refractivity contribution in [3.63, 3.8) is 0 Å². The summed E-state index contributed by atoms with van der Waals surface area (Å²) in [5, 5.41) is 4.06. The second-order valence-corrected chi connectivity index (χ2v) is 5.17. The van der Waals surface area contributed by atoms with E-state index in [0.29, 0.717) is 11.7 Å². The van der Waals surface area contributed by atoms with E-state index in [4.69, 9.17) is 4.52 Å². The first-order valence-electron chi connectivity index (χ1n) is 7.34. The lowest BCUT2D eigenvalue weighted by atomic mass is 10.2. The van der Waals surface area contributed by atoms with Crippen LogP contribution in [0, 0.1) is 0 Å². The molecule has 0 saturated carbocycles. The Kier molecular flexibility index (Phi) is 3.44. The monoisotopic (exact) mass is 302 g/mol. The van der Waals surface area contributed by atoms with Gasteiger partial charge in [0.05, 0.1) is 0 Å². The molecule has 0 amide bonds. The van der Waals surface area contributed by atoms with Gasteiger partial charge in [-0.1, -0.05) is 35.5 Å². The minimum Gasteiger partial charge on any atom is -0.339 e. The third kappa shape index (κ3) is 2.76. The number of nitrogens with zero attached hydrogens (tertiary/aromatic N) is 4. The van der Waals surface area contributed by atoms with Gasteiger partial charge in [-0.3, -0.25) is 4.98 Å². The third-order valence-electron chi connectivity index (χ3n) is 3.61. The van der Waals surface area contributed by atoms with Crippen molar-refractivity contribution >= 4 is 0 Å². The number of benzene rings is 1. The molecule has 0 bridgehead atoms. The Morgan fingerprint density at radius 1 is 0.913 bits per heavy atom. The molecule has 0 aliphatic carbocycles. The van der Waals surface area contributed by atoms with Crippen molar-refractivity contribution in [1.82, 2.24) is 19.7 Å². The Balaban J connectivity index is 1.65. The fourth-order valence-corrected chi connectivity index (χ4v) is 2.47. The first-order chi connectivity index (χ1) is 11.4. The van der Waals surface area contributed by atoms with Gasteiger partial charge in [-0.05, 0) is 29.8 Å². The van der Waals surface area contributed by atoms with E-state index in [1.807, 2.05) is 48.7 Å². The summed E-state index contributed by atoms with van der Waals surface area (Å²) < 4.78 is 7.54. The molecule has 1 aromatic carbocycles. The number of hydrogen-bond acceptors (Lipinski definition) is 4. The van der Waals surface area contributed by atoms with E-state index >= 15 is 0 Å². The average molecular weight is 302 g/mol. The topological polar surface area (TPSA) is 56.7 Å². The highest BCUT2D eigenvalue weighted by Crippen LogP contribution is 2.23. The highest BCUT2D eigenvalue weighted by atomic mass is 16.5. The summed E-state index contributed by atoms with van der Waals surface area (Å²) in [5.41, 5.74) is 3.01. The number of pyridine rings is 1. The zero-order valence-electron chi connectivity index (χ0n) is 12.3. The van der Waals surface area contributed by atoms with Crippen LogP contribution < -0.4 is 0 Å². The summed E-state index contributed by atoms with van der Waals surface area (Å²) in [5.74, 6) is 1.08. The molecule has 112 valence electrons. The minimum atomic E-state index is 0.512. The zero-order chi connectivity index (χ0) is 15.5. The van der Waals surface area contributed by atoms with Crippen LogP contribution in [0.4, 0.5) is 0 Å². The van der Waals surface area contributed by atoms with Crippen LogP contribution in [-0.2, 0) is 6.54 Å². The second-order valence-electron chi connectivity index (χ2n) is 5.17. The van der Waals surface area contributed by atoms with Crippen molar-refractivity contribution in [2.75, 3.05) is 0 Å². The van der Waals surface area contributed by atoms with Crippen LogP contribution in [0.2, 0.25) is 0 Å². The maximum Gasteiger partial charge on any atom is 0.274 e. The maximum atomic E-state index is 5.44. The SMILES string of the molecule is c1ccc(Cn2cccc2-c2nc(-c3ccncc3)no2)cc1. The van der Waals surface area contributed by atoms with Crippen LogP contribution in [0.5, 0.6) is 0 Å². The molecule has 0 aliphatic heterocycles. The smallest absolute Gasteiger partial charge is 0.274 e. The number of rotatable bonds is 4. The van der Waals surface area contributed by atoms with Crippen molar-refractivity contribution in [2.24, 2.45) is 0 Å². The molecular weight excluding hydrogens is 288 g/mol. The molecule has 0 aliphatic rings. The quantitative estimate of drug-likeness (QED) is 0.577. The van der Waals surface area contributed by atoms with Gasteiger partial charge < -0.3 is 9.09 Å². The Morgan fingerprint density at radius 3 is 2.57 bits per heavy atom. The summed E-state index contributed by atoms with van der Waals surface area (Å²) in [7, 11) is 0. The molecule has 3 heterocycles. The highest BCUT2D eigenvalue weighted by molar-refractivity contribution is 5.57. The maximum absolute atomic E-state index is 5.44. The summed E-state index contributed by atoms with van der Waals surface area (Å²) in [4.78, 5) is 8.50. The molecule has 0 fully saturated rings. The van der Waals surface area contributed by atoms with E-state index in [-0.39, 0.29) is 0 Å². The highest BCUT2D eigenvalue weighted by Gasteiger charge is 2.13. The molecule has 4 aromatic rings. The van der Waals surface area contributed by atoms with E-state index < -0.39 is 0 Å². The molecule has 23 heavy (non-hydrogen) atoms. The van der Waals surface area contributed by atoms with E-state index in [9.17, 15) is 0 Å². The van der Waals surface area contributed by atoms with Gasteiger partial charge in [0, 0.05) is 30.7 Å². The summed E-state index contributed by atoms with van der Waals surface area (Å²) in [6.45, 7) is 0.760. The molecule has 4 rings (SSSR count). The molecule has 0 unspecified atom stereocenters. The first-order valence-corrected chi connectivity index (χ1v) is 7.34. The molecule has 0 N–H and O–H groups in total. The van der Waals surface area contributed by atoms with E-state index in [1.54, 1.807) is 12.4 Å². The predicted octanol–water partition coefficient (Wildman–Crippen LogP) is 3.65. The van der Waals surface area contributed by atoms with Gasteiger partial charge in [0.1, 0.15) is 5.69 Å². The first kappa shape index (κ1) is 13.5. The lowest BCUT2D eigenvalue weighted by Gasteiger charge is -2.06. The van der Waals surface area contributed by atoms with Crippen molar-refractivity contribution in [2.45, 2.75) is 6.54 Å². The predicted molar refractivity (Wildman–Crippen MR) is 86.5 cm³/mol.